The van der Waals surface area contributed by atoms with E-state index < -0.39 is 32.5 Å². The van der Waals surface area contributed by atoms with Crippen molar-refractivity contribution in [3.8, 4) is 0 Å². The second-order valence-electron chi connectivity index (χ2n) is 8.54. The number of carbonyl (C=O) groups is 1. The van der Waals surface area contributed by atoms with Crippen molar-refractivity contribution in [2.45, 2.75) is 43.8 Å². The van der Waals surface area contributed by atoms with Crippen LogP contribution in [0.1, 0.15) is 37.0 Å². The fourth-order valence-electron chi connectivity index (χ4n) is 4.33. The highest BCUT2D eigenvalue weighted by Crippen LogP contribution is 2.27. The molecule has 4 rings (SSSR count). The number of halogens is 2. The SMILES string of the molecule is CC1CN(c2ccc(NC(=O)c3ccc(F)c(S(=O)(=O)N4CCCC4)c3)cc2F)CC(C)O1. The second-order valence-corrected chi connectivity index (χ2v) is 10.4. The van der Waals surface area contributed by atoms with E-state index in [0.717, 1.165) is 12.1 Å². The van der Waals surface area contributed by atoms with Crippen LogP contribution in [0.25, 0.3) is 0 Å². The van der Waals surface area contributed by atoms with E-state index in [1.54, 1.807) is 12.1 Å². The van der Waals surface area contributed by atoms with E-state index in [1.807, 2.05) is 18.7 Å². The summed E-state index contributed by atoms with van der Waals surface area (Å²) < 4.78 is 61.6. The molecular weight excluding hydrogens is 452 g/mol. The summed E-state index contributed by atoms with van der Waals surface area (Å²) in [5.41, 5.74) is 0.592. The van der Waals surface area contributed by atoms with Crippen molar-refractivity contribution < 1.29 is 26.7 Å². The van der Waals surface area contributed by atoms with Crippen molar-refractivity contribution in [2.24, 2.45) is 0 Å². The first kappa shape index (κ1) is 23.6. The average molecular weight is 480 g/mol. The van der Waals surface area contributed by atoms with E-state index in [0.29, 0.717) is 44.7 Å². The maximum absolute atomic E-state index is 14.8. The summed E-state index contributed by atoms with van der Waals surface area (Å²) in [4.78, 5) is 14.1. The molecule has 2 heterocycles. The van der Waals surface area contributed by atoms with Gasteiger partial charge in [0, 0.05) is 37.4 Å². The van der Waals surface area contributed by atoms with Gasteiger partial charge in [0.05, 0.1) is 17.9 Å². The van der Waals surface area contributed by atoms with Crippen LogP contribution in [-0.2, 0) is 14.8 Å². The molecule has 2 unspecified atom stereocenters. The van der Waals surface area contributed by atoms with Crippen molar-refractivity contribution in [1.82, 2.24) is 4.31 Å². The molecule has 2 saturated heterocycles. The minimum absolute atomic E-state index is 0.0305. The van der Waals surface area contributed by atoms with Crippen LogP contribution in [0.4, 0.5) is 20.2 Å². The lowest BCUT2D eigenvalue weighted by Gasteiger charge is -2.37. The van der Waals surface area contributed by atoms with E-state index in [2.05, 4.69) is 5.32 Å². The first-order valence-electron chi connectivity index (χ1n) is 11.0. The number of anilines is 2. The van der Waals surface area contributed by atoms with Crippen molar-refractivity contribution in [2.75, 3.05) is 36.4 Å². The van der Waals surface area contributed by atoms with Crippen LogP contribution in [0.15, 0.2) is 41.3 Å². The van der Waals surface area contributed by atoms with Gasteiger partial charge >= 0.3 is 0 Å². The number of carbonyl (C=O) groups excluding carboxylic acids is 1. The van der Waals surface area contributed by atoms with Gasteiger partial charge in [-0.3, -0.25) is 4.79 Å². The van der Waals surface area contributed by atoms with E-state index in [1.165, 1.54) is 16.4 Å². The maximum Gasteiger partial charge on any atom is 0.255 e. The molecule has 7 nitrogen and oxygen atoms in total. The van der Waals surface area contributed by atoms with E-state index in [-0.39, 0.29) is 23.5 Å². The maximum atomic E-state index is 14.8. The van der Waals surface area contributed by atoms with Crippen molar-refractivity contribution >= 4 is 27.3 Å². The minimum atomic E-state index is -4.03. The predicted molar refractivity (Wildman–Crippen MR) is 121 cm³/mol. The molecule has 0 aromatic heterocycles. The van der Waals surface area contributed by atoms with Gasteiger partial charge in [-0.05, 0) is 63.1 Å². The van der Waals surface area contributed by atoms with Gasteiger partial charge in [0.25, 0.3) is 5.91 Å². The molecule has 2 atom stereocenters. The molecule has 0 aliphatic carbocycles. The number of rotatable bonds is 5. The standard InChI is InChI=1S/C23H27F2N3O4S/c1-15-13-27(14-16(2)32-15)21-8-6-18(12-20(21)25)26-23(29)17-5-7-19(24)22(11-17)33(30,31)28-9-3-4-10-28/h5-8,11-12,15-16H,3-4,9-10,13-14H2,1-2H3,(H,26,29). The molecule has 2 aliphatic heterocycles. The monoisotopic (exact) mass is 479 g/mol. The lowest BCUT2D eigenvalue weighted by Crippen LogP contribution is -2.45. The zero-order valence-corrected chi connectivity index (χ0v) is 19.4. The number of sulfonamides is 1. The lowest BCUT2D eigenvalue weighted by atomic mass is 10.1. The quantitative estimate of drug-likeness (QED) is 0.709. The molecule has 0 saturated carbocycles. The molecule has 0 bridgehead atoms. The third-order valence-corrected chi connectivity index (χ3v) is 7.76. The highest BCUT2D eigenvalue weighted by atomic mass is 32.2. The number of ether oxygens (including phenoxy) is 1. The van der Waals surface area contributed by atoms with Crippen LogP contribution in [0.5, 0.6) is 0 Å². The van der Waals surface area contributed by atoms with Crippen molar-refractivity contribution in [3.63, 3.8) is 0 Å². The smallest absolute Gasteiger partial charge is 0.255 e. The van der Waals surface area contributed by atoms with E-state index in [9.17, 15) is 22.0 Å². The summed E-state index contributed by atoms with van der Waals surface area (Å²) in [6, 6.07) is 7.57. The number of nitrogens with zero attached hydrogens (tertiary/aromatic N) is 2. The van der Waals surface area contributed by atoms with E-state index >= 15 is 0 Å². The highest BCUT2D eigenvalue weighted by Gasteiger charge is 2.30. The Balaban J connectivity index is 1.52. The molecule has 2 aromatic rings. The molecule has 2 fully saturated rings. The Morgan fingerprint density at radius 3 is 2.30 bits per heavy atom. The number of hydrogen-bond acceptors (Lipinski definition) is 5. The first-order chi connectivity index (χ1) is 15.6. The molecule has 33 heavy (non-hydrogen) atoms. The van der Waals surface area contributed by atoms with Gasteiger partial charge in [-0.15, -0.1) is 0 Å². The molecule has 10 heteroatoms. The van der Waals surface area contributed by atoms with Crippen LogP contribution in [0, 0.1) is 11.6 Å². The molecule has 178 valence electrons. The summed E-state index contributed by atoms with van der Waals surface area (Å²) in [5, 5.41) is 2.56. The topological polar surface area (TPSA) is 79.0 Å². The van der Waals surface area contributed by atoms with Gasteiger partial charge < -0.3 is 15.0 Å². The van der Waals surface area contributed by atoms with Gasteiger partial charge in [-0.2, -0.15) is 4.31 Å². The van der Waals surface area contributed by atoms with Crippen LogP contribution in [0.3, 0.4) is 0 Å². The van der Waals surface area contributed by atoms with Gasteiger partial charge in [-0.1, -0.05) is 0 Å². The summed E-state index contributed by atoms with van der Waals surface area (Å²) in [7, 11) is -4.03. The third-order valence-electron chi connectivity index (χ3n) is 5.84. The summed E-state index contributed by atoms with van der Waals surface area (Å²) in [5.74, 6) is -2.07. The Morgan fingerprint density at radius 1 is 1.00 bits per heavy atom. The summed E-state index contributed by atoms with van der Waals surface area (Å²) in [6.45, 7) is 5.61. The number of morpholine rings is 1. The molecule has 0 radical (unpaired) electrons. The molecule has 1 N–H and O–H groups in total. The Hall–Kier alpha value is -2.56. The molecule has 1 amide bonds. The molecule has 2 aromatic carbocycles. The molecule has 2 aliphatic rings. The largest absolute Gasteiger partial charge is 0.372 e. The first-order valence-corrected chi connectivity index (χ1v) is 12.4. The lowest BCUT2D eigenvalue weighted by molar-refractivity contribution is -0.00539. The highest BCUT2D eigenvalue weighted by molar-refractivity contribution is 7.89. The Bertz CT molecular complexity index is 1140. The number of amides is 1. The Kier molecular flexibility index (Phi) is 6.69. The number of nitrogens with one attached hydrogen (secondary N) is 1. The fraction of sp³-hybridized carbons (Fsp3) is 0.435. The van der Waals surface area contributed by atoms with Gasteiger partial charge in [-0.25, -0.2) is 17.2 Å². The van der Waals surface area contributed by atoms with Crippen molar-refractivity contribution in [1.29, 1.82) is 0 Å². The predicted octanol–water partition coefficient (Wildman–Crippen LogP) is 3.62. The zero-order chi connectivity index (χ0) is 23.8. The van der Waals surface area contributed by atoms with Gasteiger partial charge in [0.15, 0.2) is 0 Å². The van der Waals surface area contributed by atoms with Crippen LogP contribution >= 0.6 is 0 Å². The molecule has 0 spiro atoms. The Labute approximate surface area is 192 Å². The van der Waals surface area contributed by atoms with E-state index in [4.69, 9.17) is 4.74 Å². The van der Waals surface area contributed by atoms with Crippen LogP contribution in [-0.4, -0.2) is 57.0 Å². The normalized spacial score (nSPS) is 21.9. The average Bonchev–Trinajstić information content (AvgIpc) is 3.29. The minimum Gasteiger partial charge on any atom is -0.372 e. The molecular formula is C23H27F2N3O4S. The zero-order valence-electron chi connectivity index (χ0n) is 18.6. The third kappa shape index (κ3) is 5.02. The van der Waals surface area contributed by atoms with Crippen molar-refractivity contribution in [3.05, 3.63) is 53.6 Å². The Morgan fingerprint density at radius 2 is 1.67 bits per heavy atom. The summed E-state index contributed by atoms with van der Waals surface area (Å²) >= 11 is 0. The summed E-state index contributed by atoms with van der Waals surface area (Å²) in [6.07, 6.45) is 1.37. The van der Waals surface area contributed by atoms with Gasteiger partial charge in [0.1, 0.15) is 16.5 Å². The van der Waals surface area contributed by atoms with Crippen LogP contribution < -0.4 is 10.2 Å². The van der Waals surface area contributed by atoms with Crippen LogP contribution in [0.2, 0.25) is 0 Å². The number of hydrogen-bond donors (Lipinski definition) is 1. The second kappa shape index (κ2) is 9.36. The number of benzene rings is 2. The fourth-order valence-corrected chi connectivity index (χ4v) is 5.94. The van der Waals surface area contributed by atoms with Gasteiger partial charge in [0.2, 0.25) is 10.0 Å².